The summed E-state index contributed by atoms with van der Waals surface area (Å²) in [6.07, 6.45) is 1.42. The van der Waals surface area contributed by atoms with Gasteiger partial charge >= 0.3 is 5.97 Å². The molecule has 0 bridgehead atoms. The van der Waals surface area contributed by atoms with Crippen molar-refractivity contribution in [3.05, 3.63) is 35.4 Å². The molecule has 2 rings (SSSR count). The number of hydrogen-bond acceptors (Lipinski definition) is 2. The standard InChI is InChI=1S/C13H15F2NO2/c14-11-3-4-12(15)10(6-11)8-16-5-1-2-9(7-16)13(17)18/h3-4,6,9H,1-2,5,7-8H2,(H,17,18). The summed E-state index contributed by atoms with van der Waals surface area (Å²) in [5, 5.41) is 8.96. The second-order valence-electron chi connectivity index (χ2n) is 4.65. The van der Waals surface area contributed by atoms with E-state index < -0.39 is 23.5 Å². The minimum atomic E-state index is -0.820. The molecule has 0 radical (unpaired) electrons. The Morgan fingerprint density at radius 1 is 1.44 bits per heavy atom. The normalized spacial score (nSPS) is 20.9. The first-order chi connectivity index (χ1) is 8.56. The van der Waals surface area contributed by atoms with Crippen LogP contribution in [0.1, 0.15) is 18.4 Å². The van der Waals surface area contributed by atoms with Gasteiger partial charge in [-0.3, -0.25) is 9.69 Å². The van der Waals surface area contributed by atoms with Crippen LogP contribution in [0.4, 0.5) is 8.78 Å². The Morgan fingerprint density at radius 2 is 2.22 bits per heavy atom. The number of benzene rings is 1. The maximum atomic E-state index is 13.5. The Kier molecular flexibility index (Phi) is 3.91. The van der Waals surface area contributed by atoms with Gasteiger partial charge in [-0.1, -0.05) is 0 Å². The summed E-state index contributed by atoms with van der Waals surface area (Å²) in [4.78, 5) is 12.8. The molecule has 0 aliphatic carbocycles. The van der Waals surface area contributed by atoms with E-state index in [0.717, 1.165) is 25.1 Å². The predicted octanol–water partition coefficient (Wildman–Crippen LogP) is 2.26. The molecule has 1 atom stereocenters. The van der Waals surface area contributed by atoms with Gasteiger partial charge in [0.1, 0.15) is 11.6 Å². The highest BCUT2D eigenvalue weighted by Gasteiger charge is 2.25. The highest BCUT2D eigenvalue weighted by Crippen LogP contribution is 2.20. The molecule has 1 saturated heterocycles. The quantitative estimate of drug-likeness (QED) is 0.900. The van der Waals surface area contributed by atoms with E-state index in [-0.39, 0.29) is 12.1 Å². The van der Waals surface area contributed by atoms with Crippen molar-refractivity contribution < 1.29 is 18.7 Å². The van der Waals surface area contributed by atoms with Crippen molar-refractivity contribution >= 4 is 5.97 Å². The molecule has 1 fully saturated rings. The summed E-state index contributed by atoms with van der Waals surface area (Å²) < 4.78 is 26.5. The molecular weight excluding hydrogens is 240 g/mol. The molecule has 1 aromatic carbocycles. The molecule has 1 aliphatic rings. The van der Waals surface area contributed by atoms with Crippen LogP contribution in [0.15, 0.2) is 18.2 Å². The van der Waals surface area contributed by atoms with E-state index in [1.807, 2.05) is 4.90 Å². The van der Waals surface area contributed by atoms with Crippen molar-refractivity contribution in [2.75, 3.05) is 13.1 Å². The van der Waals surface area contributed by atoms with Gasteiger partial charge in [-0.05, 0) is 37.6 Å². The number of hydrogen-bond donors (Lipinski definition) is 1. The van der Waals surface area contributed by atoms with Crippen molar-refractivity contribution in [3.63, 3.8) is 0 Å². The third-order valence-electron chi connectivity index (χ3n) is 3.26. The van der Waals surface area contributed by atoms with Crippen LogP contribution in [0.3, 0.4) is 0 Å². The number of aliphatic carboxylic acids is 1. The molecule has 0 amide bonds. The zero-order valence-electron chi connectivity index (χ0n) is 9.90. The van der Waals surface area contributed by atoms with Crippen LogP contribution in [-0.4, -0.2) is 29.1 Å². The lowest BCUT2D eigenvalue weighted by Gasteiger charge is -2.30. The van der Waals surface area contributed by atoms with Crippen LogP contribution in [0, 0.1) is 17.6 Å². The second kappa shape index (κ2) is 5.44. The van der Waals surface area contributed by atoms with Gasteiger partial charge in [-0.25, -0.2) is 8.78 Å². The number of likely N-dealkylation sites (tertiary alicyclic amines) is 1. The molecule has 98 valence electrons. The van der Waals surface area contributed by atoms with Crippen molar-refractivity contribution in [2.24, 2.45) is 5.92 Å². The van der Waals surface area contributed by atoms with Gasteiger partial charge in [0.2, 0.25) is 0 Å². The van der Waals surface area contributed by atoms with Gasteiger partial charge in [0, 0.05) is 18.7 Å². The maximum absolute atomic E-state index is 13.5. The summed E-state index contributed by atoms with van der Waals surface area (Å²) in [5.74, 6) is -2.15. The highest BCUT2D eigenvalue weighted by atomic mass is 19.1. The number of carbonyl (C=O) groups is 1. The maximum Gasteiger partial charge on any atom is 0.307 e. The molecule has 1 N–H and O–H groups in total. The zero-order valence-corrected chi connectivity index (χ0v) is 9.90. The lowest BCUT2D eigenvalue weighted by Crippen LogP contribution is -2.38. The van der Waals surface area contributed by atoms with Gasteiger partial charge in [0.05, 0.1) is 5.92 Å². The average Bonchev–Trinajstić information content (AvgIpc) is 2.34. The number of halogens is 2. The Morgan fingerprint density at radius 3 is 2.94 bits per heavy atom. The number of rotatable bonds is 3. The van der Waals surface area contributed by atoms with Crippen LogP contribution in [-0.2, 0) is 11.3 Å². The molecule has 0 saturated carbocycles. The fourth-order valence-electron chi connectivity index (χ4n) is 2.31. The summed E-state index contributed by atoms with van der Waals surface area (Å²) in [6, 6.07) is 3.35. The molecule has 0 aromatic heterocycles. The summed E-state index contributed by atoms with van der Waals surface area (Å²) in [5.41, 5.74) is 0.279. The van der Waals surface area contributed by atoms with E-state index in [1.165, 1.54) is 6.07 Å². The fraction of sp³-hybridized carbons (Fsp3) is 0.462. The van der Waals surface area contributed by atoms with Crippen LogP contribution < -0.4 is 0 Å². The van der Waals surface area contributed by atoms with Gasteiger partial charge in [0.25, 0.3) is 0 Å². The summed E-state index contributed by atoms with van der Waals surface area (Å²) in [6.45, 7) is 1.37. The molecule has 0 spiro atoms. The predicted molar refractivity (Wildman–Crippen MR) is 62.0 cm³/mol. The van der Waals surface area contributed by atoms with Crippen LogP contribution in [0.5, 0.6) is 0 Å². The van der Waals surface area contributed by atoms with Crippen LogP contribution in [0.25, 0.3) is 0 Å². The minimum Gasteiger partial charge on any atom is -0.481 e. The first kappa shape index (κ1) is 13.0. The monoisotopic (exact) mass is 255 g/mol. The number of carboxylic acids is 1. The van der Waals surface area contributed by atoms with Crippen molar-refractivity contribution in [3.8, 4) is 0 Å². The molecular formula is C13H15F2NO2. The van der Waals surface area contributed by atoms with Gasteiger partial charge in [-0.2, -0.15) is 0 Å². The van der Waals surface area contributed by atoms with E-state index in [0.29, 0.717) is 13.0 Å². The van der Waals surface area contributed by atoms with Gasteiger partial charge < -0.3 is 5.11 Å². The van der Waals surface area contributed by atoms with Gasteiger partial charge in [0.15, 0.2) is 0 Å². The third-order valence-corrected chi connectivity index (χ3v) is 3.26. The molecule has 1 heterocycles. The highest BCUT2D eigenvalue weighted by molar-refractivity contribution is 5.70. The Balaban J connectivity index is 2.04. The Bertz CT molecular complexity index is 451. The summed E-state index contributed by atoms with van der Waals surface area (Å²) >= 11 is 0. The Labute approximate surface area is 104 Å². The fourth-order valence-corrected chi connectivity index (χ4v) is 2.31. The molecule has 1 aromatic rings. The topological polar surface area (TPSA) is 40.5 Å². The molecule has 3 nitrogen and oxygen atoms in total. The smallest absolute Gasteiger partial charge is 0.307 e. The van der Waals surface area contributed by atoms with E-state index in [2.05, 4.69) is 0 Å². The number of carboxylic acid groups (broad SMARTS) is 1. The molecule has 1 aliphatic heterocycles. The third kappa shape index (κ3) is 3.04. The number of piperidine rings is 1. The lowest BCUT2D eigenvalue weighted by molar-refractivity contribution is -0.143. The van der Waals surface area contributed by atoms with E-state index in [1.54, 1.807) is 0 Å². The SMILES string of the molecule is O=C(O)C1CCCN(Cc2cc(F)ccc2F)C1. The first-order valence-corrected chi connectivity index (χ1v) is 5.95. The van der Waals surface area contributed by atoms with Crippen molar-refractivity contribution in [2.45, 2.75) is 19.4 Å². The lowest BCUT2D eigenvalue weighted by atomic mass is 9.98. The van der Waals surface area contributed by atoms with E-state index in [9.17, 15) is 13.6 Å². The first-order valence-electron chi connectivity index (χ1n) is 5.95. The molecule has 5 heteroatoms. The average molecular weight is 255 g/mol. The van der Waals surface area contributed by atoms with E-state index >= 15 is 0 Å². The molecule has 1 unspecified atom stereocenters. The largest absolute Gasteiger partial charge is 0.481 e. The summed E-state index contributed by atoms with van der Waals surface area (Å²) in [7, 11) is 0. The van der Waals surface area contributed by atoms with E-state index in [4.69, 9.17) is 5.11 Å². The second-order valence-corrected chi connectivity index (χ2v) is 4.65. The molecule has 18 heavy (non-hydrogen) atoms. The van der Waals surface area contributed by atoms with Gasteiger partial charge in [-0.15, -0.1) is 0 Å². The number of nitrogens with zero attached hydrogens (tertiary/aromatic N) is 1. The van der Waals surface area contributed by atoms with Crippen molar-refractivity contribution in [1.82, 2.24) is 4.90 Å². The Hall–Kier alpha value is -1.49. The zero-order chi connectivity index (χ0) is 13.1. The van der Waals surface area contributed by atoms with Crippen molar-refractivity contribution in [1.29, 1.82) is 0 Å². The van der Waals surface area contributed by atoms with Crippen LogP contribution >= 0.6 is 0 Å². The minimum absolute atomic E-state index is 0.257. The van der Waals surface area contributed by atoms with Crippen LogP contribution in [0.2, 0.25) is 0 Å².